The fourth-order valence-corrected chi connectivity index (χ4v) is 4.41. The van der Waals surface area contributed by atoms with Crippen LogP contribution in [0.5, 0.6) is 0 Å². The van der Waals surface area contributed by atoms with Gasteiger partial charge in [-0.3, -0.25) is 0 Å². The van der Waals surface area contributed by atoms with Gasteiger partial charge in [0, 0.05) is 12.6 Å². The normalized spacial score (nSPS) is 22.3. The minimum Gasteiger partial charge on any atom is -0.315 e. The maximum atomic E-state index is 12.4. The molecule has 0 radical (unpaired) electrons. The highest BCUT2D eigenvalue weighted by Gasteiger charge is 2.26. The molecule has 2 atom stereocenters. The third-order valence-corrected chi connectivity index (χ3v) is 6.78. The molecular formula is C13H22ClN3O4S2. The first-order valence-electron chi connectivity index (χ1n) is 7.03. The third kappa shape index (κ3) is 4.88. The number of rotatable bonds is 5. The average molecular weight is 384 g/mol. The van der Waals surface area contributed by atoms with E-state index < -0.39 is 20.0 Å². The molecule has 1 aliphatic rings. The zero-order valence-corrected chi connectivity index (χ0v) is 15.4. The van der Waals surface area contributed by atoms with Gasteiger partial charge in [-0.25, -0.2) is 26.3 Å². The number of nitrogens with one attached hydrogen (secondary N) is 3. The van der Waals surface area contributed by atoms with Crippen LogP contribution < -0.4 is 14.8 Å². The van der Waals surface area contributed by atoms with E-state index in [-0.39, 0.29) is 34.2 Å². The minimum atomic E-state index is -3.67. The Balaban J connectivity index is 0.00000264. The van der Waals surface area contributed by atoms with E-state index in [1.54, 1.807) is 0 Å². The van der Waals surface area contributed by atoms with Crippen molar-refractivity contribution in [2.75, 3.05) is 20.1 Å². The Morgan fingerprint density at radius 3 is 2.04 bits per heavy atom. The molecule has 0 saturated carbocycles. The van der Waals surface area contributed by atoms with Crippen molar-refractivity contribution in [1.29, 1.82) is 0 Å². The van der Waals surface area contributed by atoms with Crippen molar-refractivity contribution in [2.24, 2.45) is 5.92 Å². The van der Waals surface area contributed by atoms with Crippen LogP contribution in [0.2, 0.25) is 0 Å². The summed E-state index contributed by atoms with van der Waals surface area (Å²) in [5, 5.41) is 3.16. The maximum Gasteiger partial charge on any atom is 0.240 e. The van der Waals surface area contributed by atoms with Crippen molar-refractivity contribution in [3.63, 3.8) is 0 Å². The van der Waals surface area contributed by atoms with Crippen LogP contribution in [0.25, 0.3) is 0 Å². The van der Waals surface area contributed by atoms with Crippen molar-refractivity contribution in [3.05, 3.63) is 24.3 Å². The second-order valence-corrected chi connectivity index (χ2v) is 8.98. The summed E-state index contributed by atoms with van der Waals surface area (Å²) >= 11 is 0. The molecule has 1 saturated heterocycles. The van der Waals surface area contributed by atoms with E-state index in [1.165, 1.54) is 31.3 Å². The van der Waals surface area contributed by atoms with Gasteiger partial charge in [-0.15, -0.1) is 12.4 Å². The van der Waals surface area contributed by atoms with E-state index in [9.17, 15) is 16.8 Å². The Morgan fingerprint density at radius 1 is 1.04 bits per heavy atom. The number of benzene rings is 1. The Bertz CT molecular complexity index is 720. The predicted molar refractivity (Wildman–Crippen MR) is 90.7 cm³/mol. The van der Waals surface area contributed by atoms with E-state index in [0.29, 0.717) is 6.54 Å². The Morgan fingerprint density at radius 2 is 1.57 bits per heavy atom. The molecular weight excluding hydrogens is 362 g/mol. The molecule has 0 spiro atoms. The van der Waals surface area contributed by atoms with E-state index in [2.05, 4.69) is 14.8 Å². The smallest absolute Gasteiger partial charge is 0.240 e. The zero-order valence-electron chi connectivity index (χ0n) is 12.9. The molecule has 2 rings (SSSR count). The van der Waals surface area contributed by atoms with Crippen molar-refractivity contribution in [3.8, 4) is 0 Å². The van der Waals surface area contributed by atoms with Crippen LogP contribution in [0.4, 0.5) is 0 Å². The van der Waals surface area contributed by atoms with Gasteiger partial charge in [-0.1, -0.05) is 6.92 Å². The third-order valence-electron chi connectivity index (χ3n) is 3.85. The van der Waals surface area contributed by atoms with Gasteiger partial charge in [0.15, 0.2) is 0 Å². The topological polar surface area (TPSA) is 104 Å². The zero-order chi connectivity index (χ0) is 16.4. The summed E-state index contributed by atoms with van der Waals surface area (Å²) < 4.78 is 52.9. The summed E-state index contributed by atoms with van der Waals surface area (Å²) in [6.45, 7) is 3.49. The number of sulfonamides is 2. The van der Waals surface area contributed by atoms with Crippen LogP contribution >= 0.6 is 12.4 Å². The first-order valence-corrected chi connectivity index (χ1v) is 9.99. The second kappa shape index (κ2) is 7.91. The summed E-state index contributed by atoms with van der Waals surface area (Å²) in [7, 11) is -5.93. The summed E-state index contributed by atoms with van der Waals surface area (Å²) in [4.78, 5) is 0.0852. The van der Waals surface area contributed by atoms with E-state index in [1.807, 2.05) is 6.92 Å². The molecule has 23 heavy (non-hydrogen) atoms. The average Bonchev–Trinajstić information content (AvgIpc) is 2.49. The Labute approximate surface area is 143 Å². The molecule has 1 aromatic rings. The Kier molecular flexibility index (Phi) is 6.99. The van der Waals surface area contributed by atoms with Gasteiger partial charge in [-0.2, -0.15) is 0 Å². The molecule has 1 aromatic carbocycles. The summed E-state index contributed by atoms with van der Waals surface area (Å²) in [6.07, 6.45) is 0.909. The molecule has 2 unspecified atom stereocenters. The summed E-state index contributed by atoms with van der Waals surface area (Å²) in [5.74, 6) is 0.250. The molecule has 7 nitrogen and oxygen atoms in total. The Hall–Kier alpha value is -0.710. The van der Waals surface area contributed by atoms with E-state index >= 15 is 0 Å². The first-order chi connectivity index (χ1) is 10.3. The lowest BCUT2D eigenvalue weighted by atomic mass is 9.96. The number of hydrogen-bond donors (Lipinski definition) is 3. The standard InChI is InChI=1S/C13H21N3O4S2.ClH/c1-10-7-8-15-9-13(10)16-22(19,20)12-5-3-11(4-6-12)21(17,18)14-2;/h3-6,10,13-16H,7-9H2,1-2H3;1H. The SMILES string of the molecule is CNS(=O)(=O)c1ccc(S(=O)(=O)NC2CNCCC2C)cc1.Cl. The van der Waals surface area contributed by atoms with Crippen molar-refractivity contribution >= 4 is 32.5 Å². The highest BCUT2D eigenvalue weighted by Crippen LogP contribution is 2.17. The number of hydrogen-bond acceptors (Lipinski definition) is 5. The summed E-state index contributed by atoms with van der Waals surface area (Å²) in [6, 6.07) is 4.99. The van der Waals surface area contributed by atoms with Crippen LogP contribution in [0, 0.1) is 5.92 Å². The van der Waals surface area contributed by atoms with Gasteiger partial charge in [0.2, 0.25) is 20.0 Å². The van der Waals surface area contributed by atoms with Crippen molar-refractivity contribution in [1.82, 2.24) is 14.8 Å². The molecule has 0 amide bonds. The van der Waals surface area contributed by atoms with Gasteiger partial charge in [0.1, 0.15) is 0 Å². The van der Waals surface area contributed by atoms with E-state index in [4.69, 9.17) is 0 Å². The van der Waals surface area contributed by atoms with Crippen LogP contribution in [-0.2, 0) is 20.0 Å². The fraction of sp³-hybridized carbons (Fsp3) is 0.538. The fourth-order valence-electron chi connectivity index (χ4n) is 2.33. The number of piperidine rings is 1. The molecule has 3 N–H and O–H groups in total. The molecule has 0 bridgehead atoms. The highest BCUT2D eigenvalue weighted by atomic mass is 35.5. The van der Waals surface area contributed by atoms with Crippen molar-refractivity contribution in [2.45, 2.75) is 29.2 Å². The first kappa shape index (κ1) is 20.3. The molecule has 0 aliphatic carbocycles. The largest absolute Gasteiger partial charge is 0.315 e. The van der Waals surface area contributed by atoms with Crippen molar-refractivity contribution < 1.29 is 16.8 Å². The van der Waals surface area contributed by atoms with Crippen LogP contribution in [-0.4, -0.2) is 43.0 Å². The number of halogens is 1. The van der Waals surface area contributed by atoms with Gasteiger partial charge < -0.3 is 5.32 Å². The quantitative estimate of drug-likeness (QED) is 0.678. The van der Waals surface area contributed by atoms with Gasteiger partial charge in [0.25, 0.3) is 0 Å². The van der Waals surface area contributed by atoms with Gasteiger partial charge in [-0.05, 0) is 50.2 Å². The molecule has 1 heterocycles. The van der Waals surface area contributed by atoms with Crippen LogP contribution in [0.1, 0.15) is 13.3 Å². The molecule has 132 valence electrons. The predicted octanol–water partition coefficient (Wildman–Crippen LogP) is 0.293. The molecule has 1 fully saturated rings. The van der Waals surface area contributed by atoms with E-state index in [0.717, 1.165) is 13.0 Å². The lowest BCUT2D eigenvalue weighted by molar-refractivity contribution is 0.327. The highest BCUT2D eigenvalue weighted by molar-refractivity contribution is 7.90. The van der Waals surface area contributed by atoms with Gasteiger partial charge in [0.05, 0.1) is 9.79 Å². The summed E-state index contributed by atoms with van der Waals surface area (Å²) in [5.41, 5.74) is 0. The molecule has 10 heteroatoms. The minimum absolute atomic E-state index is 0. The molecule has 0 aromatic heterocycles. The maximum absolute atomic E-state index is 12.4. The monoisotopic (exact) mass is 383 g/mol. The molecule has 1 aliphatic heterocycles. The van der Waals surface area contributed by atoms with Crippen LogP contribution in [0.15, 0.2) is 34.1 Å². The lowest BCUT2D eigenvalue weighted by Crippen LogP contribution is -2.50. The lowest BCUT2D eigenvalue weighted by Gasteiger charge is -2.29. The van der Waals surface area contributed by atoms with Crippen LogP contribution in [0.3, 0.4) is 0 Å². The van der Waals surface area contributed by atoms with Gasteiger partial charge >= 0.3 is 0 Å². The second-order valence-electron chi connectivity index (χ2n) is 5.38.